The highest BCUT2D eigenvalue weighted by Crippen LogP contribution is 2.25. The first-order valence-electron chi connectivity index (χ1n) is 9.20. The van der Waals surface area contributed by atoms with Gasteiger partial charge in [0, 0.05) is 6.92 Å². The Labute approximate surface area is 168 Å². The zero-order chi connectivity index (χ0) is 20.8. The third kappa shape index (κ3) is 5.75. The van der Waals surface area contributed by atoms with Crippen LogP contribution in [0.2, 0.25) is 0 Å². The highest BCUT2D eigenvalue weighted by Gasteiger charge is 2.44. The molecular formula is C21H24O8. The van der Waals surface area contributed by atoms with Gasteiger partial charge in [0.1, 0.15) is 42.5 Å². The van der Waals surface area contributed by atoms with Crippen molar-refractivity contribution in [2.75, 3.05) is 6.61 Å². The molecule has 8 heteroatoms. The van der Waals surface area contributed by atoms with E-state index < -0.39 is 36.7 Å². The summed E-state index contributed by atoms with van der Waals surface area (Å²) in [6.07, 6.45) is -6.58. The van der Waals surface area contributed by atoms with Crippen LogP contribution in [0.3, 0.4) is 0 Å². The standard InChI is InChI=1S/C21H24O8/c1-13(22)26-12-17-18(23)19(24)20(25)21(29-17)27-11-14-6-5-9-16(10-14)28-15-7-3-2-4-8-15/h2-10,17-21,23-25H,11-12H2,1H3/t17-,18-,19+,20-,21?/m1/s1. The Bertz CT molecular complexity index is 796. The van der Waals surface area contributed by atoms with Gasteiger partial charge < -0.3 is 34.3 Å². The van der Waals surface area contributed by atoms with Crippen molar-refractivity contribution in [3.8, 4) is 11.5 Å². The molecule has 1 fully saturated rings. The number of hydrogen-bond acceptors (Lipinski definition) is 8. The van der Waals surface area contributed by atoms with Crippen molar-refractivity contribution in [3.05, 3.63) is 60.2 Å². The molecule has 0 spiro atoms. The van der Waals surface area contributed by atoms with Crippen molar-refractivity contribution in [2.45, 2.75) is 44.2 Å². The van der Waals surface area contributed by atoms with Crippen LogP contribution in [0.1, 0.15) is 12.5 Å². The van der Waals surface area contributed by atoms with Gasteiger partial charge in [-0.15, -0.1) is 0 Å². The molecule has 0 aliphatic carbocycles. The lowest BCUT2D eigenvalue weighted by Gasteiger charge is -2.39. The number of carbonyl (C=O) groups excluding carboxylic acids is 1. The van der Waals surface area contributed by atoms with E-state index in [1.807, 2.05) is 36.4 Å². The number of aliphatic hydroxyl groups excluding tert-OH is 3. The summed E-state index contributed by atoms with van der Waals surface area (Å²) in [5.74, 6) is 0.766. The molecule has 1 aliphatic rings. The Balaban J connectivity index is 1.60. The van der Waals surface area contributed by atoms with Crippen LogP contribution in [-0.2, 0) is 25.6 Å². The monoisotopic (exact) mass is 404 g/mol. The predicted octanol–water partition coefficient (Wildman–Crippen LogP) is 1.37. The maximum Gasteiger partial charge on any atom is 0.302 e. The lowest BCUT2D eigenvalue weighted by Crippen LogP contribution is -2.59. The molecule has 1 heterocycles. The first kappa shape index (κ1) is 21.2. The van der Waals surface area contributed by atoms with Crippen LogP contribution in [0.4, 0.5) is 0 Å². The Morgan fingerprint density at radius 2 is 1.69 bits per heavy atom. The molecule has 8 nitrogen and oxygen atoms in total. The van der Waals surface area contributed by atoms with Gasteiger partial charge in [-0.25, -0.2) is 0 Å². The van der Waals surface area contributed by atoms with Crippen LogP contribution in [0, 0.1) is 0 Å². The first-order valence-corrected chi connectivity index (χ1v) is 9.20. The molecule has 0 radical (unpaired) electrons. The topological polar surface area (TPSA) is 115 Å². The fourth-order valence-electron chi connectivity index (χ4n) is 2.89. The van der Waals surface area contributed by atoms with Gasteiger partial charge in [-0.1, -0.05) is 30.3 Å². The number of rotatable bonds is 7. The smallest absolute Gasteiger partial charge is 0.302 e. The second-order valence-electron chi connectivity index (χ2n) is 6.69. The molecular weight excluding hydrogens is 380 g/mol. The minimum Gasteiger partial charge on any atom is -0.463 e. The lowest BCUT2D eigenvalue weighted by atomic mass is 9.99. The number of ether oxygens (including phenoxy) is 4. The molecule has 5 atom stereocenters. The maximum atomic E-state index is 11.0. The van der Waals surface area contributed by atoms with E-state index in [9.17, 15) is 20.1 Å². The second-order valence-corrected chi connectivity index (χ2v) is 6.69. The fourth-order valence-corrected chi connectivity index (χ4v) is 2.89. The van der Waals surface area contributed by atoms with E-state index in [0.29, 0.717) is 11.5 Å². The van der Waals surface area contributed by atoms with Crippen LogP contribution in [-0.4, -0.2) is 58.6 Å². The summed E-state index contributed by atoms with van der Waals surface area (Å²) in [4.78, 5) is 11.0. The summed E-state index contributed by atoms with van der Waals surface area (Å²) in [6, 6.07) is 16.5. The molecule has 156 valence electrons. The molecule has 0 saturated carbocycles. The van der Waals surface area contributed by atoms with Crippen LogP contribution in [0.25, 0.3) is 0 Å². The number of esters is 1. The minimum absolute atomic E-state index is 0.0663. The van der Waals surface area contributed by atoms with Crippen molar-refractivity contribution in [3.63, 3.8) is 0 Å². The number of hydrogen-bond donors (Lipinski definition) is 3. The fraction of sp³-hybridized carbons (Fsp3) is 0.381. The van der Waals surface area contributed by atoms with Gasteiger partial charge in [0.15, 0.2) is 6.29 Å². The largest absolute Gasteiger partial charge is 0.463 e. The van der Waals surface area contributed by atoms with Gasteiger partial charge in [-0.05, 0) is 29.8 Å². The van der Waals surface area contributed by atoms with E-state index in [0.717, 1.165) is 5.56 Å². The summed E-state index contributed by atoms with van der Waals surface area (Å²) in [6.45, 7) is 1.02. The molecule has 2 aromatic rings. The van der Waals surface area contributed by atoms with Crippen molar-refractivity contribution in [1.82, 2.24) is 0 Å². The Hall–Kier alpha value is -2.49. The maximum absolute atomic E-state index is 11.0. The second kappa shape index (κ2) is 9.82. The van der Waals surface area contributed by atoms with Gasteiger partial charge in [-0.3, -0.25) is 4.79 Å². The molecule has 29 heavy (non-hydrogen) atoms. The first-order chi connectivity index (χ1) is 13.9. The highest BCUT2D eigenvalue weighted by atomic mass is 16.7. The van der Waals surface area contributed by atoms with E-state index in [4.69, 9.17) is 18.9 Å². The number of para-hydroxylation sites is 1. The van der Waals surface area contributed by atoms with Crippen molar-refractivity contribution >= 4 is 5.97 Å². The summed E-state index contributed by atoms with van der Waals surface area (Å²) < 4.78 is 21.7. The molecule has 2 aromatic carbocycles. The van der Waals surface area contributed by atoms with Gasteiger partial charge in [-0.2, -0.15) is 0 Å². The lowest BCUT2D eigenvalue weighted by molar-refractivity contribution is -0.304. The van der Waals surface area contributed by atoms with Crippen LogP contribution in [0.5, 0.6) is 11.5 Å². The van der Waals surface area contributed by atoms with E-state index in [1.54, 1.807) is 18.2 Å². The normalized spacial score (nSPS) is 26.7. The predicted molar refractivity (Wildman–Crippen MR) is 101 cm³/mol. The average molecular weight is 404 g/mol. The summed E-state index contributed by atoms with van der Waals surface area (Å²) in [5, 5.41) is 30.2. The zero-order valence-corrected chi connectivity index (χ0v) is 15.9. The molecule has 0 bridgehead atoms. The van der Waals surface area contributed by atoms with Crippen molar-refractivity contribution in [1.29, 1.82) is 0 Å². The Morgan fingerprint density at radius 1 is 0.966 bits per heavy atom. The van der Waals surface area contributed by atoms with Crippen molar-refractivity contribution in [2.24, 2.45) is 0 Å². The number of benzene rings is 2. The van der Waals surface area contributed by atoms with E-state index in [-0.39, 0.29) is 13.2 Å². The van der Waals surface area contributed by atoms with Gasteiger partial charge in [0.2, 0.25) is 0 Å². The van der Waals surface area contributed by atoms with Gasteiger partial charge in [0.25, 0.3) is 0 Å². The quantitative estimate of drug-likeness (QED) is 0.593. The zero-order valence-electron chi connectivity index (χ0n) is 15.9. The summed E-state index contributed by atoms with van der Waals surface area (Å²) in [5.41, 5.74) is 0.756. The molecule has 0 amide bonds. The third-order valence-electron chi connectivity index (χ3n) is 4.41. The molecule has 1 aliphatic heterocycles. The number of aliphatic hydroxyl groups is 3. The molecule has 3 rings (SSSR count). The van der Waals surface area contributed by atoms with Gasteiger partial charge in [0.05, 0.1) is 6.61 Å². The number of carbonyl (C=O) groups is 1. The van der Waals surface area contributed by atoms with Gasteiger partial charge >= 0.3 is 5.97 Å². The third-order valence-corrected chi connectivity index (χ3v) is 4.41. The molecule has 1 unspecified atom stereocenters. The van der Waals surface area contributed by atoms with Crippen LogP contribution in [0.15, 0.2) is 54.6 Å². The molecule has 0 aromatic heterocycles. The van der Waals surface area contributed by atoms with Crippen LogP contribution >= 0.6 is 0 Å². The minimum atomic E-state index is -1.50. The van der Waals surface area contributed by atoms with E-state index >= 15 is 0 Å². The summed E-state index contributed by atoms with van der Waals surface area (Å²) in [7, 11) is 0. The molecule has 3 N–H and O–H groups in total. The highest BCUT2D eigenvalue weighted by molar-refractivity contribution is 5.65. The Kier molecular flexibility index (Phi) is 7.18. The van der Waals surface area contributed by atoms with E-state index in [1.165, 1.54) is 6.92 Å². The molecule has 1 saturated heterocycles. The van der Waals surface area contributed by atoms with Crippen LogP contribution < -0.4 is 4.74 Å². The summed E-state index contributed by atoms with van der Waals surface area (Å²) >= 11 is 0. The van der Waals surface area contributed by atoms with Crippen molar-refractivity contribution < 1.29 is 39.1 Å². The SMILES string of the molecule is CC(=O)OC[C@H]1OC(OCc2cccc(Oc3ccccc3)c2)[C@H](O)[C@@H](O)[C@@H]1O. The Morgan fingerprint density at radius 3 is 2.41 bits per heavy atom. The average Bonchev–Trinajstić information content (AvgIpc) is 2.72. The van der Waals surface area contributed by atoms with E-state index in [2.05, 4.69) is 0 Å².